The second-order valence-electron chi connectivity index (χ2n) is 3.24. The van der Waals surface area contributed by atoms with Crippen LogP contribution >= 0.6 is 11.3 Å². The molecule has 2 N–H and O–H groups in total. The molecule has 0 aliphatic heterocycles. The van der Waals surface area contributed by atoms with Gasteiger partial charge in [-0.3, -0.25) is 0 Å². The molecule has 0 saturated carbocycles. The van der Waals surface area contributed by atoms with E-state index < -0.39 is 10.0 Å². The molecule has 0 spiro atoms. The number of furan rings is 1. The summed E-state index contributed by atoms with van der Waals surface area (Å²) in [4.78, 5) is 4.64. The highest BCUT2D eigenvalue weighted by Crippen LogP contribution is 2.23. The highest BCUT2D eigenvalue weighted by atomic mass is 32.2. The summed E-state index contributed by atoms with van der Waals surface area (Å²) in [6.45, 7) is 0. The van der Waals surface area contributed by atoms with Gasteiger partial charge in [-0.15, -0.1) is 5.10 Å². The van der Waals surface area contributed by atoms with Gasteiger partial charge in [-0.05, 0) is 12.1 Å². The van der Waals surface area contributed by atoms with Crippen LogP contribution in [0.4, 0.5) is 0 Å². The van der Waals surface area contributed by atoms with E-state index in [0.29, 0.717) is 16.4 Å². The average Bonchev–Trinajstić information content (AvgIpc) is 2.90. The molecule has 0 aromatic carbocycles. The number of hydrogen-bond donors (Lipinski definition) is 1. The molecule has 3 heterocycles. The average molecular weight is 270 g/mol. The van der Waals surface area contributed by atoms with Crippen LogP contribution in [0.25, 0.3) is 16.4 Å². The van der Waals surface area contributed by atoms with Crippen molar-refractivity contribution < 1.29 is 12.8 Å². The molecule has 3 aromatic heterocycles. The first-order valence-electron chi connectivity index (χ1n) is 4.47. The van der Waals surface area contributed by atoms with Crippen molar-refractivity contribution in [2.45, 2.75) is 4.34 Å². The number of nitrogens with two attached hydrogens (primary N) is 1. The van der Waals surface area contributed by atoms with E-state index in [4.69, 9.17) is 9.56 Å². The molecular formula is C8H6N4O3S2. The topological polar surface area (TPSA) is 103 Å². The Hall–Kier alpha value is -1.71. The number of fused-ring (bicyclic) bond motifs is 1. The minimum atomic E-state index is -3.78. The van der Waals surface area contributed by atoms with Gasteiger partial charge in [-0.2, -0.15) is 0 Å². The number of primary sulfonamides is 1. The maximum atomic E-state index is 11.1. The van der Waals surface area contributed by atoms with Gasteiger partial charge >= 0.3 is 0 Å². The standard InChI is InChI=1S/C8H6N4O3S2/c9-17(13,14)8-11-12-4-5(10-7(12)16-8)6-2-1-3-15-6/h1-4H,(H2,9,13,14). The van der Waals surface area contributed by atoms with Gasteiger partial charge in [0.25, 0.3) is 10.0 Å². The van der Waals surface area contributed by atoms with Gasteiger partial charge in [-0.1, -0.05) is 11.3 Å². The van der Waals surface area contributed by atoms with Gasteiger partial charge in [-0.25, -0.2) is 23.1 Å². The van der Waals surface area contributed by atoms with Crippen molar-refractivity contribution in [3.8, 4) is 11.5 Å². The highest BCUT2D eigenvalue weighted by molar-refractivity contribution is 7.91. The molecule has 0 atom stereocenters. The monoisotopic (exact) mass is 270 g/mol. The number of imidazole rings is 1. The second-order valence-corrected chi connectivity index (χ2v) is 5.93. The van der Waals surface area contributed by atoms with Crippen molar-refractivity contribution >= 4 is 26.3 Å². The maximum absolute atomic E-state index is 11.1. The largest absolute Gasteiger partial charge is 0.463 e. The molecule has 0 aliphatic carbocycles. The zero-order chi connectivity index (χ0) is 12.0. The zero-order valence-corrected chi connectivity index (χ0v) is 9.90. The molecular weight excluding hydrogens is 264 g/mol. The molecule has 0 aliphatic rings. The number of sulfonamides is 1. The fraction of sp³-hybridized carbons (Fsp3) is 0. The summed E-state index contributed by atoms with van der Waals surface area (Å²) in [6, 6.07) is 3.50. The number of rotatable bonds is 2. The molecule has 7 nitrogen and oxygen atoms in total. The van der Waals surface area contributed by atoms with Crippen molar-refractivity contribution in [3.63, 3.8) is 0 Å². The second kappa shape index (κ2) is 3.39. The lowest BCUT2D eigenvalue weighted by Crippen LogP contribution is -2.11. The Balaban J connectivity index is 2.14. The van der Waals surface area contributed by atoms with Crippen LogP contribution in [0.15, 0.2) is 33.3 Å². The fourth-order valence-electron chi connectivity index (χ4n) is 1.34. The summed E-state index contributed by atoms with van der Waals surface area (Å²) in [5.41, 5.74) is 0.592. The molecule has 0 bridgehead atoms. The van der Waals surface area contributed by atoms with E-state index >= 15 is 0 Å². The van der Waals surface area contributed by atoms with E-state index in [2.05, 4.69) is 10.1 Å². The molecule has 9 heteroatoms. The van der Waals surface area contributed by atoms with Crippen LogP contribution in [0.2, 0.25) is 0 Å². The van der Waals surface area contributed by atoms with Gasteiger partial charge in [0, 0.05) is 0 Å². The van der Waals surface area contributed by atoms with Crippen molar-refractivity contribution in [2.75, 3.05) is 0 Å². The Morgan fingerprint density at radius 1 is 1.47 bits per heavy atom. The molecule has 0 fully saturated rings. The van der Waals surface area contributed by atoms with Crippen LogP contribution in [-0.2, 0) is 10.0 Å². The maximum Gasteiger partial charge on any atom is 0.267 e. The van der Waals surface area contributed by atoms with Gasteiger partial charge in [0.15, 0.2) is 5.76 Å². The Labute approximate surface area is 99.5 Å². The lowest BCUT2D eigenvalue weighted by Gasteiger charge is -1.87. The van der Waals surface area contributed by atoms with Crippen LogP contribution in [0.1, 0.15) is 0 Å². The lowest BCUT2D eigenvalue weighted by atomic mass is 10.4. The number of nitrogens with zero attached hydrogens (tertiary/aromatic N) is 3. The van der Waals surface area contributed by atoms with Gasteiger partial charge in [0.1, 0.15) is 5.69 Å². The van der Waals surface area contributed by atoms with E-state index in [1.165, 1.54) is 10.8 Å². The third kappa shape index (κ3) is 1.73. The van der Waals surface area contributed by atoms with Gasteiger partial charge < -0.3 is 4.42 Å². The number of hydrogen-bond acceptors (Lipinski definition) is 6. The summed E-state index contributed by atoms with van der Waals surface area (Å²) in [7, 11) is -3.78. The molecule has 3 rings (SSSR count). The molecule has 0 unspecified atom stereocenters. The quantitative estimate of drug-likeness (QED) is 0.738. The van der Waals surface area contributed by atoms with E-state index in [1.54, 1.807) is 18.3 Å². The predicted octanol–water partition coefficient (Wildman–Crippen LogP) is 0.698. The molecule has 88 valence electrons. The van der Waals surface area contributed by atoms with Gasteiger partial charge in [0.2, 0.25) is 9.30 Å². The molecule has 17 heavy (non-hydrogen) atoms. The summed E-state index contributed by atoms with van der Waals surface area (Å²) in [5, 5.41) is 8.81. The Bertz CT molecular complexity index is 738. The summed E-state index contributed by atoms with van der Waals surface area (Å²) in [5.74, 6) is 0.597. The van der Waals surface area contributed by atoms with E-state index in [1.807, 2.05) is 0 Å². The molecule has 0 radical (unpaired) electrons. The third-order valence-corrected chi connectivity index (χ3v) is 4.27. The van der Waals surface area contributed by atoms with Crippen LogP contribution in [0.3, 0.4) is 0 Å². The van der Waals surface area contributed by atoms with Crippen LogP contribution < -0.4 is 5.14 Å². The molecule has 0 saturated heterocycles. The highest BCUT2D eigenvalue weighted by Gasteiger charge is 2.17. The van der Waals surface area contributed by atoms with Crippen molar-refractivity contribution in [1.29, 1.82) is 0 Å². The third-order valence-electron chi connectivity index (χ3n) is 2.04. The fourth-order valence-corrected chi connectivity index (χ4v) is 2.85. The predicted molar refractivity (Wildman–Crippen MR) is 59.9 cm³/mol. The van der Waals surface area contributed by atoms with Gasteiger partial charge in [0.05, 0.1) is 12.5 Å². The SMILES string of the molecule is NS(=O)(=O)c1nn2cc(-c3ccco3)nc2s1. The summed E-state index contributed by atoms with van der Waals surface area (Å²) in [6.07, 6.45) is 3.12. The zero-order valence-electron chi connectivity index (χ0n) is 8.27. The minimum absolute atomic E-state index is 0.161. The van der Waals surface area contributed by atoms with Crippen molar-refractivity contribution in [2.24, 2.45) is 5.14 Å². The minimum Gasteiger partial charge on any atom is -0.463 e. The lowest BCUT2D eigenvalue weighted by molar-refractivity contribution is 0.580. The first-order valence-corrected chi connectivity index (χ1v) is 6.83. The van der Waals surface area contributed by atoms with Crippen LogP contribution in [0, 0.1) is 0 Å². The Morgan fingerprint density at radius 2 is 2.29 bits per heavy atom. The van der Waals surface area contributed by atoms with E-state index in [9.17, 15) is 8.42 Å². The Kier molecular flexibility index (Phi) is 2.08. The van der Waals surface area contributed by atoms with Crippen LogP contribution in [0.5, 0.6) is 0 Å². The number of aromatic nitrogens is 3. The first-order chi connectivity index (χ1) is 8.04. The van der Waals surface area contributed by atoms with E-state index in [0.717, 1.165) is 11.3 Å². The Morgan fingerprint density at radius 3 is 2.88 bits per heavy atom. The molecule has 0 amide bonds. The summed E-state index contributed by atoms with van der Waals surface area (Å²) < 4.78 is 28.5. The smallest absolute Gasteiger partial charge is 0.267 e. The normalized spacial score (nSPS) is 12.3. The summed E-state index contributed by atoms with van der Waals surface area (Å²) >= 11 is 0.908. The van der Waals surface area contributed by atoms with Crippen LogP contribution in [-0.4, -0.2) is 23.0 Å². The molecule has 3 aromatic rings. The van der Waals surface area contributed by atoms with Crippen molar-refractivity contribution in [1.82, 2.24) is 14.6 Å². The first kappa shape index (κ1) is 10.4. The van der Waals surface area contributed by atoms with E-state index in [-0.39, 0.29) is 4.34 Å². The van der Waals surface area contributed by atoms with Crippen molar-refractivity contribution in [3.05, 3.63) is 24.6 Å².